The number of hydrogen-bond acceptors (Lipinski definition) is 5. The van der Waals surface area contributed by atoms with E-state index in [0.29, 0.717) is 0 Å². The number of aliphatic hydroxyl groups excluding tert-OH is 2. The molecule has 4 nitrogen and oxygen atoms in total. The van der Waals surface area contributed by atoms with E-state index in [1.165, 1.54) is 19.1 Å². The second-order valence-electron chi connectivity index (χ2n) is 3.69. The first-order valence-electron chi connectivity index (χ1n) is 5.07. The third-order valence-electron chi connectivity index (χ3n) is 2.28. The summed E-state index contributed by atoms with van der Waals surface area (Å²) < 4.78 is 13.4. The molecule has 7 heteroatoms. The van der Waals surface area contributed by atoms with Crippen LogP contribution < -0.4 is 5.73 Å². The van der Waals surface area contributed by atoms with Gasteiger partial charge in [0.15, 0.2) is 10.9 Å². The molecule has 2 unspecified atom stereocenters. The number of anilines is 1. The van der Waals surface area contributed by atoms with E-state index in [-0.39, 0.29) is 27.1 Å². The van der Waals surface area contributed by atoms with Crippen molar-refractivity contribution in [1.82, 2.24) is 0 Å². The number of carbonyl (C=O) groups is 1. The molecule has 0 aromatic heterocycles. The summed E-state index contributed by atoms with van der Waals surface area (Å²) in [4.78, 5) is 10.7. The van der Waals surface area contributed by atoms with Crippen molar-refractivity contribution in [1.29, 1.82) is 0 Å². The van der Waals surface area contributed by atoms with E-state index in [1.807, 2.05) is 0 Å². The minimum Gasteiger partial charge on any atom is -0.396 e. The predicted octanol–water partition coefficient (Wildman–Crippen LogP) is 1.74. The lowest BCUT2D eigenvalue weighted by atomic mass is 10.0. The Kier molecular flexibility index (Phi) is 5.40. The number of nitrogen functional groups attached to an aromatic ring is 1. The minimum atomic E-state index is -1.38. The van der Waals surface area contributed by atoms with Crippen molar-refractivity contribution in [3.63, 3.8) is 0 Å². The highest BCUT2D eigenvalue weighted by molar-refractivity contribution is 8.13. The number of halogens is 2. The zero-order chi connectivity index (χ0) is 13.9. The molecule has 0 bridgehead atoms. The van der Waals surface area contributed by atoms with Gasteiger partial charge < -0.3 is 15.9 Å². The van der Waals surface area contributed by atoms with Gasteiger partial charge in [0, 0.05) is 18.2 Å². The van der Waals surface area contributed by atoms with E-state index in [9.17, 15) is 19.4 Å². The fraction of sp³-hybridized carbons (Fsp3) is 0.364. The van der Waals surface area contributed by atoms with Crippen molar-refractivity contribution in [3.05, 3.63) is 28.5 Å². The van der Waals surface area contributed by atoms with Crippen LogP contribution >= 0.6 is 23.4 Å². The van der Waals surface area contributed by atoms with Crippen LogP contribution in [0.2, 0.25) is 5.02 Å². The normalized spacial score (nSPS) is 14.3. The number of thioether (sulfide) groups is 1. The van der Waals surface area contributed by atoms with Gasteiger partial charge in [-0.3, -0.25) is 4.79 Å². The van der Waals surface area contributed by atoms with Crippen LogP contribution in [0.15, 0.2) is 12.1 Å². The van der Waals surface area contributed by atoms with Gasteiger partial charge in [-0.05, 0) is 6.07 Å². The molecule has 0 amide bonds. The topological polar surface area (TPSA) is 83.5 Å². The molecule has 0 aliphatic carbocycles. The van der Waals surface area contributed by atoms with E-state index in [4.69, 9.17) is 17.3 Å². The van der Waals surface area contributed by atoms with Crippen molar-refractivity contribution in [2.24, 2.45) is 0 Å². The molecular weight excluding hydrogens is 281 g/mol. The minimum absolute atomic E-state index is 0.00117. The van der Waals surface area contributed by atoms with Crippen LogP contribution in [-0.2, 0) is 4.79 Å². The Morgan fingerprint density at radius 1 is 1.56 bits per heavy atom. The smallest absolute Gasteiger partial charge is 0.185 e. The van der Waals surface area contributed by atoms with E-state index in [1.54, 1.807) is 0 Å². The first-order chi connectivity index (χ1) is 8.34. The van der Waals surface area contributed by atoms with Gasteiger partial charge in [0.05, 0.1) is 16.8 Å². The summed E-state index contributed by atoms with van der Waals surface area (Å²) in [7, 11) is 0. The molecule has 1 aromatic carbocycles. The molecule has 0 fully saturated rings. The van der Waals surface area contributed by atoms with Crippen molar-refractivity contribution >= 4 is 34.2 Å². The summed E-state index contributed by atoms with van der Waals surface area (Å²) in [5, 5.41) is 19.0. The number of hydrogen-bond donors (Lipinski definition) is 3. The number of benzene rings is 1. The van der Waals surface area contributed by atoms with Crippen LogP contribution in [-0.4, -0.2) is 27.2 Å². The third-order valence-corrected chi connectivity index (χ3v) is 3.58. The zero-order valence-corrected chi connectivity index (χ0v) is 11.1. The molecule has 0 aliphatic heterocycles. The molecular formula is C11H13ClFNO3S. The van der Waals surface area contributed by atoms with Crippen molar-refractivity contribution in [2.45, 2.75) is 19.1 Å². The Morgan fingerprint density at radius 2 is 2.17 bits per heavy atom. The average Bonchev–Trinajstić information content (AvgIpc) is 2.32. The molecule has 4 N–H and O–H groups in total. The maximum absolute atomic E-state index is 13.4. The van der Waals surface area contributed by atoms with Gasteiger partial charge in [-0.25, -0.2) is 4.39 Å². The maximum atomic E-state index is 13.4. The second-order valence-corrected chi connectivity index (χ2v) is 5.26. The van der Waals surface area contributed by atoms with Gasteiger partial charge in [-0.2, -0.15) is 0 Å². The van der Waals surface area contributed by atoms with Crippen LogP contribution in [0.3, 0.4) is 0 Å². The van der Waals surface area contributed by atoms with E-state index in [2.05, 4.69) is 0 Å². The largest absolute Gasteiger partial charge is 0.396 e. The molecule has 0 aliphatic rings. The van der Waals surface area contributed by atoms with Gasteiger partial charge in [0.2, 0.25) is 0 Å². The number of nitrogens with two attached hydrogens (primary N) is 1. The Balaban J connectivity index is 2.86. The zero-order valence-electron chi connectivity index (χ0n) is 9.56. The molecule has 0 heterocycles. The van der Waals surface area contributed by atoms with Crippen LogP contribution in [0.4, 0.5) is 10.1 Å². The highest BCUT2D eigenvalue weighted by Gasteiger charge is 2.23. The summed E-state index contributed by atoms with van der Waals surface area (Å²) in [5.41, 5.74) is 5.22. The van der Waals surface area contributed by atoms with E-state index >= 15 is 0 Å². The van der Waals surface area contributed by atoms with Crippen molar-refractivity contribution in [3.8, 4) is 0 Å². The summed E-state index contributed by atoms with van der Waals surface area (Å²) in [6.45, 7) is 1.35. The van der Waals surface area contributed by atoms with Gasteiger partial charge in [-0.15, -0.1) is 0 Å². The standard InChI is InChI=1S/C11H13ClFNO3S/c1-5(15)18-4-8(16)11(17)6-2-3-7(14)10(13)9(6)12/h2-3,8,11,16-17H,4,14H2,1H3. The molecule has 2 atom stereocenters. The monoisotopic (exact) mass is 293 g/mol. The fourth-order valence-electron chi connectivity index (χ4n) is 1.31. The first-order valence-corrected chi connectivity index (χ1v) is 6.43. The quantitative estimate of drug-likeness (QED) is 0.737. The van der Waals surface area contributed by atoms with Crippen LogP contribution in [0.25, 0.3) is 0 Å². The lowest BCUT2D eigenvalue weighted by Crippen LogP contribution is -2.22. The molecule has 0 saturated heterocycles. The number of aliphatic hydroxyl groups is 2. The van der Waals surface area contributed by atoms with E-state index in [0.717, 1.165) is 11.8 Å². The molecule has 0 spiro atoms. The SMILES string of the molecule is CC(=O)SCC(O)C(O)c1ccc(N)c(F)c1Cl. The Labute approximate surface area is 113 Å². The highest BCUT2D eigenvalue weighted by atomic mass is 35.5. The summed E-state index contributed by atoms with van der Waals surface area (Å²) >= 11 is 6.57. The molecule has 18 heavy (non-hydrogen) atoms. The van der Waals surface area contributed by atoms with Gasteiger partial charge in [-0.1, -0.05) is 29.4 Å². The first kappa shape index (κ1) is 15.2. The maximum Gasteiger partial charge on any atom is 0.185 e. The molecule has 0 saturated carbocycles. The summed E-state index contributed by atoms with van der Waals surface area (Å²) in [6, 6.07) is 2.59. The molecule has 1 aromatic rings. The second kappa shape index (κ2) is 6.38. The van der Waals surface area contributed by atoms with Gasteiger partial charge in [0.1, 0.15) is 6.10 Å². The van der Waals surface area contributed by atoms with Crippen molar-refractivity contribution in [2.75, 3.05) is 11.5 Å². The Bertz CT molecular complexity index is 458. The highest BCUT2D eigenvalue weighted by Crippen LogP contribution is 2.31. The lowest BCUT2D eigenvalue weighted by molar-refractivity contribution is -0.109. The lowest BCUT2D eigenvalue weighted by Gasteiger charge is -2.19. The Morgan fingerprint density at radius 3 is 2.72 bits per heavy atom. The van der Waals surface area contributed by atoms with Crippen LogP contribution in [0.1, 0.15) is 18.6 Å². The predicted molar refractivity (Wildman–Crippen MR) is 69.9 cm³/mol. The summed E-state index contributed by atoms with van der Waals surface area (Å²) in [6.07, 6.45) is -2.60. The van der Waals surface area contributed by atoms with Gasteiger partial charge >= 0.3 is 0 Å². The third kappa shape index (κ3) is 3.58. The number of carbonyl (C=O) groups excluding carboxylic acids is 1. The molecule has 1 rings (SSSR count). The van der Waals surface area contributed by atoms with E-state index < -0.39 is 18.0 Å². The van der Waals surface area contributed by atoms with Crippen LogP contribution in [0.5, 0.6) is 0 Å². The van der Waals surface area contributed by atoms with Crippen molar-refractivity contribution < 1.29 is 19.4 Å². The Hall–Kier alpha value is -0.820. The molecule has 0 radical (unpaired) electrons. The van der Waals surface area contributed by atoms with Gasteiger partial charge in [0.25, 0.3) is 0 Å². The fourth-order valence-corrected chi connectivity index (χ4v) is 2.18. The number of rotatable bonds is 4. The average molecular weight is 294 g/mol. The summed E-state index contributed by atoms with van der Waals surface area (Å²) in [5.74, 6) is -0.835. The van der Waals surface area contributed by atoms with Crippen LogP contribution in [0, 0.1) is 5.82 Å². The molecule has 100 valence electrons.